The molecule has 0 radical (unpaired) electrons. The first-order chi connectivity index (χ1) is 10.3. The van der Waals surface area contributed by atoms with Gasteiger partial charge in [-0.25, -0.2) is 4.90 Å². The van der Waals surface area contributed by atoms with Crippen molar-refractivity contribution in [2.75, 3.05) is 4.90 Å². The van der Waals surface area contributed by atoms with Gasteiger partial charge < -0.3 is 9.47 Å². The van der Waals surface area contributed by atoms with Crippen molar-refractivity contribution in [1.29, 1.82) is 0 Å². The second-order valence-electron chi connectivity index (χ2n) is 4.91. The molecular formula is C15H15NO6. The largest absolute Gasteiger partial charge is 0.448 e. The standard InChI is InChI=1S/C15H15NO6/c1-8-5-4-6-11(7-8)16-14(19)12(21-9(2)17)13(15(16)20)22-10(3)18/h4-7,12-13H,1-3H3/t12-,13-/m1/s1. The second-order valence-corrected chi connectivity index (χ2v) is 4.91. The number of aryl methyl sites for hydroxylation is 1. The van der Waals surface area contributed by atoms with Crippen LogP contribution in [0.25, 0.3) is 0 Å². The molecule has 1 saturated heterocycles. The maximum atomic E-state index is 12.4. The predicted octanol–water partition coefficient (Wildman–Crippen LogP) is 0.732. The quantitative estimate of drug-likeness (QED) is 0.604. The average Bonchev–Trinajstić information content (AvgIpc) is 2.62. The van der Waals surface area contributed by atoms with E-state index >= 15 is 0 Å². The molecule has 7 nitrogen and oxygen atoms in total. The summed E-state index contributed by atoms with van der Waals surface area (Å²) in [6.07, 6.45) is -2.93. The molecule has 1 fully saturated rings. The fourth-order valence-corrected chi connectivity index (χ4v) is 2.23. The Kier molecular flexibility index (Phi) is 4.25. The monoisotopic (exact) mass is 305 g/mol. The van der Waals surface area contributed by atoms with Crippen molar-refractivity contribution in [2.45, 2.75) is 33.0 Å². The lowest BCUT2D eigenvalue weighted by Crippen LogP contribution is -2.36. The number of anilines is 1. The molecule has 0 unspecified atom stereocenters. The number of imide groups is 1. The van der Waals surface area contributed by atoms with E-state index in [1.807, 2.05) is 13.0 Å². The number of carbonyl (C=O) groups is 4. The Morgan fingerprint density at radius 2 is 1.50 bits per heavy atom. The van der Waals surface area contributed by atoms with Gasteiger partial charge in [0.05, 0.1) is 5.69 Å². The van der Waals surface area contributed by atoms with E-state index in [0.29, 0.717) is 5.69 Å². The van der Waals surface area contributed by atoms with Crippen LogP contribution in [0.3, 0.4) is 0 Å². The van der Waals surface area contributed by atoms with Crippen molar-refractivity contribution in [3.63, 3.8) is 0 Å². The molecule has 1 aliphatic heterocycles. The molecule has 0 bridgehead atoms. The second kappa shape index (κ2) is 5.97. The van der Waals surface area contributed by atoms with Crippen LogP contribution in [0.15, 0.2) is 24.3 Å². The van der Waals surface area contributed by atoms with Gasteiger partial charge >= 0.3 is 11.9 Å². The molecular weight excluding hydrogens is 290 g/mol. The zero-order valence-electron chi connectivity index (χ0n) is 12.4. The van der Waals surface area contributed by atoms with Gasteiger partial charge in [0.2, 0.25) is 12.2 Å². The van der Waals surface area contributed by atoms with Gasteiger partial charge in [-0.05, 0) is 24.6 Å². The molecule has 0 N–H and O–H groups in total. The number of amides is 2. The minimum absolute atomic E-state index is 0.335. The van der Waals surface area contributed by atoms with Crippen molar-refractivity contribution in [3.8, 4) is 0 Å². The summed E-state index contributed by atoms with van der Waals surface area (Å²) in [6.45, 7) is 4.03. The summed E-state index contributed by atoms with van der Waals surface area (Å²) in [5.74, 6) is -2.96. The third-order valence-electron chi connectivity index (χ3n) is 3.05. The molecule has 0 aromatic heterocycles. The fraction of sp³-hybridized carbons (Fsp3) is 0.333. The van der Waals surface area contributed by atoms with Crippen LogP contribution in [0.1, 0.15) is 19.4 Å². The molecule has 1 heterocycles. The molecule has 2 amide bonds. The van der Waals surface area contributed by atoms with E-state index in [9.17, 15) is 19.2 Å². The minimum Gasteiger partial charge on any atom is -0.448 e. The number of esters is 2. The number of hydrogen-bond acceptors (Lipinski definition) is 6. The Bertz CT molecular complexity index is 619. The summed E-state index contributed by atoms with van der Waals surface area (Å²) in [4.78, 5) is 47.9. The smallest absolute Gasteiger partial charge is 0.303 e. The van der Waals surface area contributed by atoms with E-state index in [2.05, 4.69) is 0 Å². The normalized spacial score (nSPS) is 21.0. The Labute approximate surface area is 126 Å². The van der Waals surface area contributed by atoms with Gasteiger partial charge in [-0.1, -0.05) is 12.1 Å². The van der Waals surface area contributed by atoms with Crippen LogP contribution in [0.5, 0.6) is 0 Å². The van der Waals surface area contributed by atoms with Gasteiger partial charge in [0.25, 0.3) is 11.8 Å². The first-order valence-corrected chi connectivity index (χ1v) is 6.60. The highest BCUT2D eigenvalue weighted by Crippen LogP contribution is 2.27. The van der Waals surface area contributed by atoms with Crippen molar-refractivity contribution in [1.82, 2.24) is 0 Å². The highest BCUT2D eigenvalue weighted by Gasteiger charge is 2.52. The molecule has 7 heteroatoms. The minimum atomic E-state index is -1.46. The third kappa shape index (κ3) is 2.98. The van der Waals surface area contributed by atoms with E-state index in [4.69, 9.17) is 9.47 Å². The summed E-state index contributed by atoms with van der Waals surface area (Å²) in [5.41, 5.74) is 1.18. The van der Waals surface area contributed by atoms with Crippen LogP contribution >= 0.6 is 0 Å². The molecule has 0 saturated carbocycles. The topological polar surface area (TPSA) is 90.0 Å². The highest BCUT2D eigenvalue weighted by atomic mass is 16.6. The van der Waals surface area contributed by atoms with Crippen LogP contribution in [-0.2, 0) is 28.7 Å². The van der Waals surface area contributed by atoms with E-state index < -0.39 is 36.0 Å². The number of nitrogens with zero attached hydrogens (tertiary/aromatic N) is 1. The lowest BCUT2D eigenvalue weighted by Gasteiger charge is -2.14. The summed E-state index contributed by atoms with van der Waals surface area (Å²) in [5, 5.41) is 0. The zero-order valence-corrected chi connectivity index (χ0v) is 12.4. The number of rotatable bonds is 3. The zero-order chi connectivity index (χ0) is 16.4. The van der Waals surface area contributed by atoms with Gasteiger partial charge in [0, 0.05) is 13.8 Å². The summed E-state index contributed by atoms with van der Waals surface area (Å²) >= 11 is 0. The number of hydrogen-bond donors (Lipinski definition) is 0. The first-order valence-electron chi connectivity index (χ1n) is 6.60. The Morgan fingerprint density at radius 1 is 1.00 bits per heavy atom. The van der Waals surface area contributed by atoms with Crippen LogP contribution in [-0.4, -0.2) is 36.0 Å². The SMILES string of the molecule is CC(=O)O[C@H]1C(=O)N(c2cccc(C)c2)C(=O)[C@@H]1OC(C)=O. The van der Waals surface area contributed by atoms with E-state index in [0.717, 1.165) is 24.3 Å². The van der Waals surface area contributed by atoms with Crippen molar-refractivity contribution < 1.29 is 28.7 Å². The van der Waals surface area contributed by atoms with Gasteiger partial charge in [0.1, 0.15) is 0 Å². The Balaban J connectivity index is 2.40. The van der Waals surface area contributed by atoms with Crippen LogP contribution in [0.4, 0.5) is 5.69 Å². The summed E-state index contributed by atoms with van der Waals surface area (Å²) in [6, 6.07) is 6.70. The maximum absolute atomic E-state index is 12.4. The van der Waals surface area contributed by atoms with Gasteiger partial charge in [0.15, 0.2) is 0 Å². The molecule has 0 aliphatic carbocycles. The Hall–Kier alpha value is -2.70. The molecule has 1 aromatic carbocycles. The number of benzene rings is 1. The van der Waals surface area contributed by atoms with E-state index in [1.165, 1.54) is 0 Å². The van der Waals surface area contributed by atoms with Crippen LogP contribution in [0, 0.1) is 6.92 Å². The van der Waals surface area contributed by atoms with E-state index in [-0.39, 0.29) is 0 Å². The summed E-state index contributed by atoms with van der Waals surface area (Å²) in [7, 11) is 0. The molecule has 22 heavy (non-hydrogen) atoms. The van der Waals surface area contributed by atoms with Crippen LogP contribution in [0.2, 0.25) is 0 Å². The highest BCUT2D eigenvalue weighted by molar-refractivity contribution is 6.25. The van der Waals surface area contributed by atoms with Crippen molar-refractivity contribution in [3.05, 3.63) is 29.8 Å². The third-order valence-corrected chi connectivity index (χ3v) is 3.05. The molecule has 1 aromatic rings. The van der Waals surface area contributed by atoms with E-state index in [1.54, 1.807) is 18.2 Å². The van der Waals surface area contributed by atoms with Gasteiger partial charge in [-0.2, -0.15) is 0 Å². The van der Waals surface area contributed by atoms with Crippen molar-refractivity contribution >= 4 is 29.4 Å². The molecule has 1 aliphatic rings. The molecule has 116 valence electrons. The Morgan fingerprint density at radius 3 is 1.91 bits per heavy atom. The molecule has 2 rings (SSSR count). The molecule has 2 atom stereocenters. The average molecular weight is 305 g/mol. The molecule has 0 spiro atoms. The van der Waals surface area contributed by atoms with Gasteiger partial charge in [-0.15, -0.1) is 0 Å². The number of ether oxygens (including phenoxy) is 2. The van der Waals surface area contributed by atoms with Crippen molar-refractivity contribution in [2.24, 2.45) is 0 Å². The number of carbonyl (C=O) groups excluding carboxylic acids is 4. The maximum Gasteiger partial charge on any atom is 0.303 e. The van der Waals surface area contributed by atoms with Crippen LogP contribution < -0.4 is 4.90 Å². The fourth-order valence-electron chi connectivity index (χ4n) is 2.23. The van der Waals surface area contributed by atoms with Gasteiger partial charge in [-0.3, -0.25) is 19.2 Å². The predicted molar refractivity (Wildman–Crippen MR) is 74.8 cm³/mol. The lowest BCUT2D eigenvalue weighted by molar-refractivity contribution is -0.167. The summed E-state index contributed by atoms with van der Waals surface area (Å²) < 4.78 is 9.72. The first kappa shape index (κ1) is 15.7. The lowest BCUT2D eigenvalue weighted by atomic mass is 10.2.